The fourth-order valence-corrected chi connectivity index (χ4v) is 2.06. The average Bonchev–Trinajstić information content (AvgIpc) is 2.40. The first kappa shape index (κ1) is 14.4. The molecule has 0 spiro atoms. The van der Waals surface area contributed by atoms with Gasteiger partial charge in [-0.3, -0.25) is 10.1 Å². The predicted octanol–water partition coefficient (Wildman–Crippen LogP) is 4.25. The fraction of sp³-hybridized carbons (Fsp3) is 0.0769. The van der Waals surface area contributed by atoms with Crippen molar-refractivity contribution in [3.63, 3.8) is 0 Å². The van der Waals surface area contributed by atoms with Crippen LogP contribution in [0.1, 0.15) is 5.56 Å². The molecule has 2 aromatic carbocycles. The van der Waals surface area contributed by atoms with E-state index in [1.807, 2.05) is 0 Å². The summed E-state index contributed by atoms with van der Waals surface area (Å²) in [4.78, 5) is 10.3. The summed E-state index contributed by atoms with van der Waals surface area (Å²) < 4.78 is 26.5. The summed E-state index contributed by atoms with van der Waals surface area (Å²) in [6.07, 6.45) is 0. The highest BCUT2D eigenvalue weighted by atomic mass is 79.9. The maximum Gasteiger partial charge on any atom is 0.274 e. The Morgan fingerprint density at radius 1 is 1.20 bits per heavy atom. The maximum atomic E-state index is 13.1. The highest BCUT2D eigenvalue weighted by Gasteiger charge is 2.14. The molecule has 2 aromatic rings. The molecule has 2 rings (SSSR count). The normalized spacial score (nSPS) is 10.3. The third-order valence-corrected chi connectivity index (χ3v) is 3.25. The van der Waals surface area contributed by atoms with Crippen molar-refractivity contribution in [1.29, 1.82) is 0 Å². The Bertz CT molecular complexity index is 665. The summed E-state index contributed by atoms with van der Waals surface area (Å²) in [5.74, 6) is -0.958. The van der Waals surface area contributed by atoms with Crippen molar-refractivity contribution in [1.82, 2.24) is 0 Å². The number of hydrogen-bond acceptors (Lipinski definition) is 3. The summed E-state index contributed by atoms with van der Waals surface area (Å²) in [6, 6.07) is 7.50. The van der Waals surface area contributed by atoms with Crippen LogP contribution < -0.4 is 5.32 Å². The van der Waals surface area contributed by atoms with E-state index in [2.05, 4.69) is 21.2 Å². The molecule has 0 aliphatic heterocycles. The Hall–Kier alpha value is -2.02. The molecule has 0 atom stereocenters. The highest BCUT2D eigenvalue weighted by molar-refractivity contribution is 9.10. The molecule has 0 unspecified atom stereocenters. The van der Waals surface area contributed by atoms with Gasteiger partial charge in [0.05, 0.1) is 15.0 Å². The van der Waals surface area contributed by atoms with E-state index in [0.717, 1.165) is 18.2 Å². The van der Waals surface area contributed by atoms with Crippen LogP contribution in [-0.2, 0) is 6.54 Å². The maximum absolute atomic E-state index is 13.1. The largest absolute Gasteiger partial charge is 0.381 e. The van der Waals surface area contributed by atoms with Crippen LogP contribution in [0.5, 0.6) is 0 Å². The molecule has 7 heteroatoms. The number of hydrogen-bond donors (Lipinski definition) is 1. The van der Waals surface area contributed by atoms with Crippen molar-refractivity contribution in [2.24, 2.45) is 0 Å². The van der Waals surface area contributed by atoms with Gasteiger partial charge in [0, 0.05) is 18.3 Å². The lowest BCUT2D eigenvalue weighted by atomic mass is 10.1. The van der Waals surface area contributed by atoms with Gasteiger partial charge in [-0.15, -0.1) is 0 Å². The van der Waals surface area contributed by atoms with E-state index in [1.54, 1.807) is 0 Å². The molecule has 0 aliphatic rings. The molecule has 0 bridgehead atoms. The van der Waals surface area contributed by atoms with Crippen LogP contribution in [0.3, 0.4) is 0 Å². The number of nitro groups is 1. The highest BCUT2D eigenvalue weighted by Crippen LogP contribution is 2.23. The topological polar surface area (TPSA) is 55.2 Å². The summed E-state index contributed by atoms with van der Waals surface area (Å²) in [6.45, 7) is 0.0617. The number of nitrogens with zero attached hydrogens (tertiary/aromatic N) is 1. The summed E-state index contributed by atoms with van der Waals surface area (Å²) in [7, 11) is 0. The van der Waals surface area contributed by atoms with Crippen molar-refractivity contribution in [2.75, 3.05) is 5.32 Å². The van der Waals surface area contributed by atoms with E-state index >= 15 is 0 Å². The monoisotopic (exact) mass is 342 g/mol. The minimum absolute atomic E-state index is 0.0617. The second kappa shape index (κ2) is 5.96. The lowest BCUT2D eigenvalue weighted by molar-refractivity contribution is -0.385. The first-order chi connectivity index (χ1) is 9.47. The molecule has 0 aromatic heterocycles. The number of nitro benzene ring substituents is 1. The van der Waals surface area contributed by atoms with Crippen molar-refractivity contribution >= 4 is 27.3 Å². The molecular formula is C13H9BrF2N2O2. The Morgan fingerprint density at radius 2 is 1.95 bits per heavy atom. The summed E-state index contributed by atoms with van der Waals surface area (Å²) >= 11 is 3.04. The molecule has 0 radical (unpaired) electrons. The van der Waals surface area contributed by atoms with Crippen molar-refractivity contribution in [2.45, 2.75) is 6.54 Å². The van der Waals surface area contributed by atoms with Crippen LogP contribution in [0, 0.1) is 21.7 Å². The van der Waals surface area contributed by atoms with Crippen LogP contribution in [-0.4, -0.2) is 4.92 Å². The van der Waals surface area contributed by atoms with E-state index in [4.69, 9.17) is 0 Å². The Balaban J connectivity index is 2.20. The molecule has 0 aliphatic carbocycles. The van der Waals surface area contributed by atoms with Crippen LogP contribution in [0.15, 0.2) is 40.9 Å². The number of rotatable bonds is 4. The van der Waals surface area contributed by atoms with Gasteiger partial charge in [0.2, 0.25) is 0 Å². The van der Waals surface area contributed by atoms with Gasteiger partial charge in [0.25, 0.3) is 5.69 Å². The van der Waals surface area contributed by atoms with Crippen LogP contribution in [0.2, 0.25) is 0 Å². The molecule has 0 saturated carbocycles. The van der Waals surface area contributed by atoms with E-state index in [1.165, 1.54) is 18.2 Å². The number of halogens is 3. The standard InChI is InChI=1S/C13H9BrF2N2O2/c14-11-6-10(2-3-12(11)16)17-7-8-5-9(15)1-4-13(8)18(19)20/h1-6,17H,7H2. The average molecular weight is 343 g/mol. The second-order valence-electron chi connectivity index (χ2n) is 4.01. The molecular weight excluding hydrogens is 334 g/mol. The zero-order valence-corrected chi connectivity index (χ0v) is 11.7. The lowest BCUT2D eigenvalue weighted by Gasteiger charge is -2.08. The molecule has 20 heavy (non-hydrogen) atoms. The minimum Gasteiger partial charge on any atom is -0.381 e. The van der Waals surface area contributed by atoms with Crippen molar-refractivity contribution in [3.05, 3.63) is 68.2 Å². The van der Waals surface area contributed by atoms with Crippen molar-refractivity contribution in [3.8, 4) is 0 Å². The zero-order valence-electron chi connectivity index (χ0n) is 10.1. The van der Waals surface area contributed by atoms with Crippen LogP contribution >= 0.6 is 15.9 Å². The van der Waals surface area contributed by atoms with Gasteiger partial charge in [0.15, 0.2) is 0 Å². The molecule has 0 amide bonds. The van der Waals surface area contributed by atoms with Crippen molar-refractivity contribution < 1.29 is 13.7 Å². The third-order valence-electron chi connectivity index (χ3n) is 2.64. The van der Waals surface area contributed by atoms with Gasteiger partial charge < -0.3 is 5.32 Å². The Labute approximate surface area is 121 Å². The zero-order chi connectivity index (χ0) is 14.7. The summed E-state index contributed by atoms with van der Waals surface area (Å²) in [5.41, 5.74) is 0.618. The van der Waals surface area contributed by atoms with E-state index in [-0.39, 0.29) is 22.3 Å². The van der Waals surface area contributed by atoms with Gasteiger partial charge in [-0.2, -0.15) is 0 Å². The van der Waals surface area contributed by atoms with Gasteiger partial charge >= 0.3 is 0 Å². The van der Waals surface area contributed by atoms with Gasteiger partial charge in [-0.05, 0) is 46.3 Å². The molecule has 0 fully saturated rings. The predicted molar refractivity (Wildman–Crippen MR) is 74.5 cm³/mol. The summed E-state index contributed by atoms with van der Waals surface area (Å²) in [5, 5.41) is 13.7. The van der Waals surface area contributed by atoms with Gasteiger partial charge in [0.1, 0.15) is 11.6 Å². The second-order valence-corrected chi connectivity index (χ2v) is 4.87. The first-order valence-corrected chi connectivity index (χ1v) is 6.38. The van der Waals surface area contributed by atoms with Crippen LogP contribution in [0.4, 0.5) is 20.2 Å². The van der Waals surface area contributed by atoms with Crippen LogP contribution in [0.25, 0.3) is 0 Å². The quantitative estimate of drug-likeness (QED) is 0.667. The van der Waals surface area contributed by atoms with E-state index in [9.17, 15) is 18.9 Å². The minimum atomic E-state index is -0.572. The molecule has 4 nitrogen and oxygen atoms in total. The van der Waals surface area contributed by atoms with Gasteiger partial charge in [-0.25, -0.2) is 8.78 Å². The number of anilines is 1. The number of nitrogens with one attached hydrogen (secondary N) is 1. The molecule has 1 N–H and O–H groups in total. The van der Waals surface area contributed by atoms with Gasteiger partial charge in [-0.1, -0.05) is 0 Å². The van der Waals surface area contributed by atoms with E-state index in [0.29, 0.717) is 5.69 Å². The lowest BCUT2D eigenvalue weighted by Crippen LogP contribution is -2.04. The number of benzene rings is 2. The fourth-order valence-electron chi connectivity index (χ4n) is 1.68. The SMILES string of the molecule is O=[N+]([O-])c1ccc(F)cc1CNc1ccc(F)c(Br)c1. The molecule has 0 saturated heterocycles. The Kier molecular flexibility index (Phi) is 4.29. The van der Waals surface area contributed by atoms with E-state index < -0.39 is 16.6 Å². The Morgan fingerprint density at radius 3 is 2.60 bits per heavy atom. The third kappa shape index (κ3) is 3.30. The smallest absolute Gasteiger partial charge is 0.274 e. The first-order valence-electron chi connectivity index (χ1n) is 5.59. The molecule has 104 valence electrons. The molecule has 0 heterocycles.